The second-order valence-electron chi connectivity index (χ2n) is 4.87. The Bertz CT molecular complexity index is 429. The van der Waals surface area contributed by atoms with Crippen molar-refractivity contribution in [2.24, 2.45) is 0 Å². The smallest absolute Gasteiger partial charge is 0.307 e. The zero-order valence-electron chi connectivity index (χ0n) is 10.8. The number of hydrogen-bond donors (Lipinski definition) is 1. The third-order valence-electron chi connectivity index (χ3n) is 1.96. The van der Waals surface area contributed by atoms with Crippen LogP contribution in [0.15, 0.2) is 23.1 Å². The number of rotatable bonds is 4. The fourth-order valence-electron chi connectivity index (χ4n) is 1.27. The number of carbonyl (C=O) groups excluding carboxylic acids is 1. The van der Waals surface area contributed by atoms with Crippen molar-refractivity contribution in [1.82, 2.24) is 0 Å². The highest BCUT2D eigenvalue weighted by Gasteiger charge is 2.16. The van der Waals surface area contributed by atoms with Crippen LogP contribution in [0.25, 0.3) is 0 Å². The fourth-order valence-corrected chi connectivity index (χ4v) is 2.19. The summed E-state index contributed by atoms with van der Waals surface area (Å²) in [6, 6.07) is 4.20. The number of anilines is 1. The van der Waals surface area contributed by atoms with Crippen molar-refractivity contribution in [2.45, 2.75) is 37.7 Å². The first-order chi connectivity index (χ1) is 8.28. The first kappa shape index (κ1) is 14.8. The Balaban J connectivity index is 2.42. The first-order valence-electron chi connectivity index (χ1n) is 5.67. The van der Waals surface area contributed by atoms with Crippen LogP contribution in [-0.4, -0.2) is 17.3 Å². The number of nitrogen functional groups attached to an aromatic ring is 1. The van der Waals surface area contributed by atoms with E-state index >= 15 is 0 Å². The molecule has 0 amide bonds. The van der Waals surface area contributed by atoms with Gasteiger partial charge in [-0.25, -0.2) is 4.39 Å². The van der Waals surface area contributed by atoms with Crippen molar-refractivity contribution in [3.05, 3.63) is 24.0 Å². The maximum atomic E-state index is 13.0. The van der Waals surface area contributed by atoms with Crippen LogP contribution in [0, 0.1) is 5.82 Å². The maximum Gasteiger partial charge on any atom is 0.307 e. The molecule has 0 unspecified atom stereocenters. The average molecular weight is 271 g/mol. The average Bonchev–Trinajstić information content (AvgIpc) is 2.20. The minimum absolute atomic E-state index is 0.259. The van der Waals surface area contributed by atoms with Crippen LogP contribution in [0.4, 0.5) is 10.1 Å². The molecule has 5 heteroatoms. The van der Waals surface area contributed by atoms with E-state index in [2.05, 4.69) is 0 Å². The number of esters is 1. The van der Waals surface area contributed by atoms with Crippen molar-refractivity contribution in [3.8, 4) is 0 Å². The van der Waals surface area contributed by atoms with Crippen molar-refractivity contribution in [3.63, 3.8) is 0 Å². The maximum absolute atomic E-state index is 13.0. The number of benzene rings is 1. The summed E-state index contributed by atoms with van der Waals surface area (Å²) in [5.41, 5.74) is 5.75. The second kappa shape index (κ2) is 6.09. The SMILES string of the molecule is CC(C)(C)OC(=O)CCSc1cc(F)ccc1N. The normalized spacial score (nSPS) is 11.3. The molecular weight excluding hydrogens is 253 g/mol. The Morgan fingerprint density at radius 2 is 2.11 bits per heavy atom. The van der Waals surface area contributed by atoms with Crippen LogP contribution >= 0.6 is 11.8 Å². The lowest BCUT2D eigenvalue weighted by molar-refractivity contribution is -0.154. The number of ether oxygens (including phenoxy) is 1. The molecule has 0 aliphatic heterocycles. The zero-order valence-corrected chi connectivity index (χ0v) is 11.6. The minimum Gasteiger partial charge on any atom is -0.460 e. The van der Waals surface area contributed by atoms with E-state index < -0.39 is 5.60 Å². The molecule has 0 radical (unpaired) electrons. The predicted octanol–water partition coefficient (Wildman–Crippen LogP) is 3.23. The molecule has 100 valence electrons. The highest BCUT2D eigenvalue weighted by atomic mass is 32.2. The highest BCUT2D eigenvalue weighted by molar-refractivity contribution is 7.99. The monoisotopic (exact) mass is 271 g/mol. The van der Waals surface area contributed by atoms with Crippen LogP contribution in [0.1, 0.15) is 27.2 Å². The van der Waals surface area contributed by atoms with Gasteiger partial charge in [0.25, 0.3) is 0 Å². The zero-order chi connectivity index (χ0) is 13.8. The summed E-state index contributed by atoms with van der Waals surface area (Å²) in [4.78, 5) is 12.1. The molecule has 1 aromatic rings. The largest absolute Gasteiger partial charge is 0.460 e. The van der Waals surface area contributed by atoms with Crippen LogP contribution < -0.4 is 5.73 Å². The summed E-state index contributed by atoms with van der Waals surface area (Å²) in [6.45, 7) is 5.47. The number of carbonyl (C=O) groups is 1. The van der Waals surface area contributed by atoms with Crippen molar-refractivity contribution in [1.29, 1.82) is 0 Å². The summed E-state index contributed by atoms with van der Waals surface area (Å²) in [5.74, 6) is -0.0725. The number of hydrogen-bond acceptors (Lipinski definition) is 4. The van der Waals surface area contributed by atoms with Gasteiger partial charge in [0.05, 0.1) is 6.42 Å². The standard InChI is InChI=1S/C13H18FNO2S/c1-13(2,3)17-12(16)6-7-18-11-8-9(14)4-5-10(11)15/h4-5,8H,6-7,15H2,1-3H3. The van der Waals surface area contributed by atoms with Crippen molar-refractivity contribution in [2.75, 3.05) is 11.5 Å². The molecule has 0 heterocycles. The Labute approximate surface area is 111 Å². The van der Waals surface area contributed by atoms with Crippen LogP contribution in [0.5, 0.6) is 0 Å². The van der Waals surface area contributed by atoms with Gasteiger partial charge in [0, 0.05) is 16.3 Å². The van der Waals surface area contributed by atoms with E-state index in [0.29, 0.717) is 16.3 Å². The molecule has 18 heavy (non-hydrogen) atoms. The van der Waals surface area contributed by atoms with Gasteiger partial charge in [-0.3, -0.25) is 4.79 Å². The van der Waals surface area contributed by atoms with Crippen molar-refractivity contribution < 1.29 is 13.9 Å². The molecule has 1 aromatic carbocycles. The van der Waals surface area contributed by atoms with E-state index in [9.17, 15) is 9.18 Å². The lowest BCUT2D eigenvalue weighted by Gasteiger charge is -2.19. The van der Waals surface area contributed by atoms with Gasteiger partial charge in [0.1, 0.15) is 11.4 Å². The summed E-state index contributed by atoms with van der Waals surface area (Å²) < 4.78 is 18.2. The molecule has 1 rings (SSSR count). The van der Waals surface area contributed by atoms with Crippen LogP contribution in [-0.2, 0) is 9.53 Å². The Morgan fingerprint density at radius 3 is 2.72 bits per heavy atom. The minimum atomic E-state index is -0.473. The third-order valence-corrected chi connectivity index (χ3v) is 3.03. The van der Waals surface area contributed by atoms with Gasteiger partial charge in [-0.1, -0.05) is 0 Å². The molecule has 0 atom stereocenters. The van der Waals surface area contributed by atoms with Crippen LogP contribution in [0.2, 0.25) is 0 Å². The second-order valence-corrected chi connectivity index (χ2v) is 6.00. The molecule has 0 aliphatic carbocycles. The number of halogens is 1. The Kier molecular flexibility index (Phi) is 5.02. The molecule has 0 aliphatic rings. The third kappa shape index (κ3) is 5.40. The van der Waals surface area contributed by atoms with Gasteiger partial charge in [-0.15, -0.1) is 11.8 Å². The fraction of sp³-hybridized carbons (Fsp3) is 0.462. The van der Waals surface area contributed by atoms with Gasteiger partial charge in [-0.2, -0.15) is 0 Å². The first-order valence-corrected chi connectivity index (χ1v) is 6.66. The van der Waals surface area contributed by atoms with E-state index in [1.54, 1.807) is 0 Å². The number of thioether (sulfide) groups is 1. The van der Waals surface area contributed by atoms with E-state index in [1.807, 2.05) is 20.8 Å². The molecule has 0 fully saturated rings. The summed E-state index contributed by atoms with van der Waals surface area (Å²) in [7, 11) is 0. The molecule has 0 saturated carbocycles. The van der Waals surface area contributed by atoms with Gasteiger partial charge < -0.3 is 10.5 Å². The predicted molar refractivity (Wildman–Crippen MR) is 72.0 cm³/mol. The van der Waals surface area contributed by atoms with E-state index in [1.165, 1.54) is 30.0 Å². The highest BCUT2D eigenvalue weighted by Crippen LogP contribution is 2.26. The van der Waals surface area contributed by atoms with Crippen LogP contribution in [0.3, 0.4) is 0 Å². The molecule has 0 bridgehead atoms. The molecule has 0 spiro atoms. The van der Waals surface area contributed by atoms with Gasteiger partial charge in [0.15, 0.2) is 0 Å². The molecule has 3 nitrogen and oxygen atoms in total. The van der Waals surface area contributed by atoms with E-state index in [0.717, 1.165) is 0 Å². The molecule has 0 aromatic heterocycles. The van der Waals surface area contributed by atoms with Gasteiger partial charge >= 0.3 is 5.97 Å². The molecular formula is C13H18FNO2S. The summed E-state index contributed by atoms with van der Waals surface area (Å²) in [6.07, 6.45) is 0.276. The van der Waals surface area contributed by atoms with E-state index in [4.69, 9.17) is 10.5 Å². The topological polar surface area (TPSA) is 52.3 Å². The van der Waals surface area contributed by atoms with Gasteiger partial charge in [0.2, 0.25) is 0 Å². The quantitative estimate of drug-likeness (QED) is 0.519. The lowest BCUT2D eigenvalue weighted by Crippen LogP contribution is -2.24. The number of nitrogens with two attached hydrogens (primary N) is 1. The van der Waals surface area contributed by atoms with Crippen molar-refractivity contribution >= 4 is 23.4 Å². The Morgan fingerprint density at radius 1 is 1.44 bits per heavy atom. The van der Waals surface area contributed by atoms with E-state index in [-0.39, 0.29) is 18.2 Å². The lowest BCUT2D eigenvalue weighted by atomic mass is 10.2. The van der Waals surface area contributed by atoms with Gasteiger partial charge in [-0.05, 0) is 39.0 Å². The molecule has 0 saturated heterocycles. The molecule has 2 N–H and O–H groups in total. The Hall–Kier alpha value is -1.23. The summed E-state index contributed by atoms with van der Waals surface area (Å²) in [5, 5.41) is 0. The summed E-state index contributed by atoms with van der Waals surface area (Å²) >= 11 is 1.35.